The van der Waals surface area contributed by atoms with Crippen molar-refractivity contribution in [3.05, 3.63) is 70.5 Å². The van der Waals surface area contributed by atoms with Gasteiger partial charge in [0, 0.05) is 33.4 Å². The number of nitrogens with zero attached hydrogens (tertiary/aromatic N) is 1. The fraction of sp³-hybridized carbons (Fsp3) is 0.458. The molecule has 2 N–H and O–H groups in total. The Hall–Kier alpha value is -2.44. The van der Waals surface area contributed by atoms with Crippen LogP contribution in [0, 0.1) is 12.7 Å². The van der Waals surface area contributed by atoms with Crippen LogP contribution in [-0.2, 0) is 29.0 Å². The molecule has 1 fully saturated rings. The summed E-state index contributed by atoms with van der Waals surface area (Å²) in [5, 5.41) is 6.67. The van der Waals surface area contributed by atoms with Crippen molar-refractivity contribution in [3.63, 3.8) is 0 Å². The number of guanidine groups is 1. The first-order valence-electron chi connectivity index (χ1n) is 10.6. The van der Waals surface area contributed by atoms with Crippen molar-refractivity contribution in [1.29, 1.82) is 0 Å². The maximum Gasteiger partial charge on any atom is 0.191 e. The lowest BCUT2D eigenvalue weighted by Gasteiger charge is -2.22. The van der Waals surface area contributed by atoms with Gasteiger partial charge in [-0.3, -0.25) is 4.99 Å². The highest BCUT2D eigenvalue weighted by Crippen LogP contribution is 2.14. The standard InChI is InChI=1S/C24H32FN3O2/c1-18-14-22(25)7-6-21(18)8-11-27-24(26-2)28-16-19-4-3-5-20(15-19)17-30-23-9-12-29-13-10-23/h3-7,14-15,23H,8-13,16-17H2,1-2H3,(H2,26,27,28). The molecular formula is C24H32FN3O2. The van der Waals surface area contributed by atoms with Crippen LogP contribution in [0.3, 0.4) is 0 Å². The zero-order valence-electron chi connectivity index (χ0n) is 17.9. The topological polar surface area (TPSA) is 54.9 Å². The van der Waals surface area contributed by atoms with Gasteiger partial charge in [0.2, 0.25) is 0 Å². The van der Waals surface area contributed by atoms with Crippen LogP contribution < -0.4 is 10.6 Å². The zero-order chi connectivity index (χ0) is 21.2. The predicted octanol–water partition coefficient (Wildman–Crippen LogP) is 3.74. The van der Waals surface area contributed by atoms with Crippen molar-refractivity contribution < 1.29 is 13.9 Å². The van der Waals surface area contributed by atoms with Crippen LogP contribution >= 0.6 is 0 Å². The largest absolute Gasteiger partial charge is 0.381 e. The fourth-order valence-electron chi connectivity index (χ4n) is 3.55. The van der Waals surface area contributed by atoms with Crippen molar-refractivity contribution in [2.24, 2.45) is 4.99 Å². The molecule has 3 rings (SSSR count). The molecule has 0 spiro atoms. The van der Waals surface area contributed by atoms with Crippen LogP contribution in [0.25, 0.3) is 0 Å². The molecule has 1 heterocycles. The molecule has 0 atom stereocenters. The number of rotatable bonds is 8. The van der Waals surface area contributed by atoms with Gasteiger partial charge in [-0.25, -0.2) is 4.39 Å². The highest BCUT2D eigenvalue weighted by Gasteiger charge is 2.14. The number of benzene rings is 2. The minimum absolute atomic E-state index is 0.193. The predicted molar refractivity (Wildman–Crippen MR) is 118 cm³/mol. The maximum absolute atomic E-state index is 13.2. The second-order valence-electron chi connectivity index (χ2n) is 7.62. The molecule has 1 saturated heterocycles. The average Bonchev–Trinajstić information content (AvgIpc) is 2.77. The van der Waals surface area contributed by atoms with E-state index in [0.29, 0.717) is 19.3 Å². The molecule has 5 nitrogen and oxygen atoms in total. The van der Waals surface area contributed by atoms with E-state index in [1.54, 1.807) is 13.1 Å². The highest BCUT2D eigenvalue weighted by molar-refractivity contribution is 5.79. The first kappa shape index (κ1) is 22.2. The molecule has 0 bridgehead atoms. The SMILES string of the molecule is CN=C(NCCc1ccc(F)cc1C)NCc1cccc(COC2CCOCC2)c1. The van der Waals surface area contributed by atoms with Crippen molar-refractivity contribution in [2.45, 2.75) is 45.4 Å². The Morgan fingerprint density at radius 3 is 2.70 bits per heavy atom. The van der Waals surface area contributed by atoms with E-state index in [4.69, 9.17) is 9.47 Å². The molecule has 2 aromatic carbocycles. The lowest BCUT2D eigenvalue weighted by atomic mass is 10.1. The number of hydrogen-bond donors (Lipinski definition) is 2. The fourth-order valence-corrected chi connectivity index (χ4v) is 3.55. The van der Waals surface area contributed by atoms with E-state index in [-0.39, 0.29) is 5.82 Å². The minimum atomic E-state index is -0.193. The normalized spacial score (nSPS) is 15.2. The number of aryl methyl sites for hydroxylation is 1. The third-order valence-corrected chi connectivity index (χ3v) is 5.32. The molecular weight excluding hydrogens is 381 g/mol. The first-order chi connectivity index (χ1) is 14.6. The Kier molecular flexibility index (Phi) is 8.66. The van der Waals surface area contributed by atoms with Crippen LogP contribution in [0.5, 0.6) is 0 Å². The number of hydrogen-bond acceptors (Lipinski definition) is 3. The Balaban J connectivity index is 1.42. The second-order valence-corrected chi connectivity index (χ2v) is 7.62. The van der Waals surface area contributed by atoms with Crippen molar-refractivity contribution in [2.75, 3.05) is 26.8 Å². The Morgan fingerprint density at radius 2 is 1.93 bits per heavy atom. The van der Waals surface area contributed by atoms with Crippen LogP contribution in [0.15, 0.2) is 47.5 Å². The van der Waals surface area contributed by atoms with E-state index in [1.165, 1.54) is 17.2 Å². The average molecular weight is 414 g/mol. The third kappa shape index (κ3) is 7.11. The van der Waals surface area contributed by atoms with E-state index < -0.39 is 0 Å². The van der Waals surface area contributed by atoms with Gasteiger partial charge in [-0.1, -0.05) is 30.3 Å². The summed E-state index contributed by atoms with van der Waals surface area (Å²) in [6.07, 6.45) is 3.06. The maximum atomic E-state index is 13.2. The molecule has 0 saturated carbocycles. The summed E-state index contributed by atoms with van der Waals surface area (Å²) in [4.78, 5) is 4.29. The van der Waals surface area contributed by atoms with Gasteiger partial charge >= 0.3 is 0 Å². The summed E-state index contributed by atoms with van der Waals surface area (Å²) in [7, 11) is 1.76. The third-order valence-electron chi connectivity index (χ3n) is 5.32. The Labute approximate surface area is 178 Å². The number of halogens is 1. The van der Waals surface area contributed by atoms with E-state index in [9.17, 15) is 4.39 Å². The first-order valence-corrected chi connectivity index (χ1v) is 10.6. The van der Waals surface area contributed by atoms with Gasteiger partial charge < -0.3 is 20.1 Å². The molecule has 0 aromatic heterocycles. The molecule has 1 aliphatic heterocycles. The van der Waals surface area contributed by atoms with Crippen LogP contribution in [0.4, 0.5) is 4.39 Å². The van der Waals surface area contributed by atoms with Crippen LogP contribution in [0.2, 0.25) is 0 Å². The number of aliphatic imine (C=N–C) groups is 1. The molecule has 0 amide bonds. The van der Waals surface area contributed by atoms with E-state index in [2.05, 4.69) is 39.9 Å². The van der Waals surface area contributed by atoms with Gasteiger partial charge in [0.05, 0.1) is 12.7 Å². The van der Waals surface area contributed by atoms with Crippen LogP contribution in [0.1, 0.15) is 35.1 Å². The van der Waals surface area contributed by atoms with E-state index >= 15 is 0 Å². The molecule has 2 aromatic rings. The monoisotopic (exact) mass is 413 g/mol. The molecule has 30 heavy (non-hydrogen) atoms. The highest BCUT2D eigenvalue weighted by atomic mass is 19.1. The zero-order valence-corrected chi connectivity index (χ0v) is 17.9. The van der Waals surface area contributed by atoms with Crippen molar-refractivity contribution in [1.82, 2.24) is 10.6 Å². The van der Waals surface area contributed by atoms with E-state index in [1.807, 2.05) is 13.0 Å². The lowest BCUT2D eigenvalue weighted by molar-refractivity contribution is -0.0390. The molecule has 0 unspecified atom stereocenters. The number of nitrogens with one attached hydrogen (secondary N) is 2. The molecule has 1 aliphatic rings. The van der Waals surface area contributed by atoms with Gasteiger partial charge in [0.15, 0.2) is 5.96 Å². The summed E-state index contributed by atoms with van der Waals surface area (Å²) in [6.45, 7) is 5.56. The van der Waals surface area contributed by atoms with Crippen molar-refractivity contribution >= 4 is 5.96 Å². The quantitative estimate of drug-likeness (QED) is 0.511. The van der Waals surface area contributed by atoms with Gasteiger partial charge in [0.1, 0.15) is 5.82 Å². The molecule has 162 valence electrons. The number of ether oxygens (including phenoxy) is 2. The summed E-state index contributed by atoms with van der Waals surface area (Å²) in [6, 6.07) is 13.3. The lowest BCUT2D eigenvalue weighted by Crippen LogP contribution is -2.37. The van der Waals surface area contributed by atoms with Gasteiger partial charge in [-0.2, -0.15) is 0 Å². The van der Waals surface area contributed by atoms with Crippen LogP contribution in [-0.4, -0.2) is 38.9 Å². The minimum Gasteiger partial charge on any atom is -0.381 e. The Bertz CT molecular complexity index is 835. The molecule has 0 aliphatic carbocycles. The van der Waals surface area contributed by atoms with E-state index in [0.717, 1.165) is 56.1 Å². The van der Waals surface area contributed by atoms with Gasteiger partial charge in [-0.15, -0.1) is 0 Å². The molecule has 6 heteroatoms. The van der Waals surface area contributed by atoms with Gasteiger partial charge in [-0.05, 0) is 60.6 Å². The second kappa shape index (κ2) is 11.7. The van der Waals surface area contributed by atoms with Crippen molar-refractivity contribution in [3.8, 4) is 0 Å². The Morgan fingerprint density at radius 1 is 1.13 bits per heavy atom. The smallest absolute Gasteiger partial charge is 0.191 e. The van der Waals surface area contributed by atoms with Gasteiger partial charge in [0.25, 0.3) is 0 Å². The summed E-state index contributed by atoms with van der Waals surface area (Å²) < 4.78 is 24.6. The molecule has 0 radical (unpaired) electrons. The summed E-state index contributed by atoms with van der Waals surface area (Å²) in [5.74, 6) is 0.556. The summed E-state index contributed by atoms with van der Waals surface area (Å²) >= 11 is 0. The summed E-state index contributed by atoms with van der Waals surface area (Å²) in [5.41, 5.74) is 4.46.